The Morgan fingerprint density at radius 3 is 1.94 bits per heavy atom. The van der Waals surface area contributed by atoms with Crippen LogP contribution in [-0.2, 0) is 18.3 Å². The molecule has 1 spiro atoms. The van der Waals surface area contributed by atoms with Crippen LogP contribution in [0.2, 0.25) is 0 Å². The van der Waals surface area contributed by atoms with Crippen LogP contribution in [0.25, 0.3) is 50.4 Å². The summed E-state index contributed by atoms with van der Waals surface area (Å²) in [4.78, 5) is 0. The quantitative estimate of drug-likeness (QED) is 0.165. The molecule has 5 aliphatic rings. The molecule has 0 fully saturated rings. The molecule has 2 unspecified atom stereocenters. The van der Waals surface area contributed by atoms with Gasteiger partial charge in [0.15, 0.2) is 0 Å². The first-order valence-corrected chi connectivity index (χ1v) is 24.9. The van der Waals surface area contributed by atoms with Crippen molar-refractivity contribution in [3.05, 3.63) is 255 Å². The maximum Gasteiger partial charge on any atom is 0.0725 e. The van der Waals surface area contributed by atoms with Gasteiger partial charge in [-0.15, -0.1) is 0 Å². The van der Waals surface area contributed by atoms with Gasteiger partial charge >= 0.3 is 0 Å². The van der Waals surface area contributed by atoms with Crippen LogP contribution in [0.3, 0.4) is 0 Å². The molecular weight excluding hydrogens is 805 g/mol. The number of hydrogen-bond donors (Lipinski definition) is 0. The lowest BCUT2D eigenvalue weighted by molar-refractivity contribution is 0.785. The van der Waals surface area contributed by atoms with E-state index in [2.05, 4.69) is 230 Å². The number of aryl methyl sites for hydroxylation is 2. The largest absolute Gasteiger partial charge is 0.0984 e. The summed E-state index contributed by atoms with van der Waals surface area (Å²) < 4.78 is 0. The van der Waals surface area contributed by atoms with E-state index in [1.165, 1.54) is 138 Å². The van der Waals surface area contributed by atoms with E-state index in [9.17, 15) is 0 Å². The summed E-state index contributed by atoms with van der Waals surface area (Å²) in [6.45, 7) is 17.2. The number of hydrogen-bond acceptors (Lipinski definition) is 0. The molecule has 0 heteroatoms. The Morgan fingerprint density at radius 2 is 1.25 bits per heavy atom. The Morgan fingerprint density at radius 1 is 0.627 bits per heavy atom. The predicted molar refractivity (Wildman–Crippen MR) is 293 cm³/mol. The van der Waals surface area contributed by atoms with Crippen molar-refractivity contribution in [3.63, 3.8) is 0 Å². The third-order valence-corrected chi connectivity index (χ3v) is 14.6. The van der Waals surface area contributed by atoms with Gasteiger partial charge in [-0.1, -0.05) is 233 Å². The maximum atomic E-state index is 4.17. The second-order valence-corrected chi connectivity index (χ2v) is 18.8. The molecule has 67 heavy (non-hydrogen) atoms. The van der Waals surface area contributed by atoms with Crippen molar-refractivity contribution in [3.8, 4) is 11.1 Å². The molecule has 0 aliphatic heterocycles. The van der Waals surface area contributed by atoms with Crippen LogP contribution in [-0.4, -0.2) is 0 Å². The second kappa shape index (κ2) is 20.0. The van der Waals surface area contributed by atoms with E-state index >= 15 is 0 Å². The molecule has 0 amide bonds. The lowest BCUT2D eigenvalue weighted by Gasteiger charge is -2.31. The van der Waals surface area contributed by atoms with Gasteiger partial charge in [0.1, 0.15) is 0 Å². The van der Waals surface area contributed by atoms with Crippen LogP contribution < -0.4 is 0 Å². The summed E-state index contributed by atoms with van der Waals surface area (Å²) in [5.74, 6) is 0.532. The highest BCUT2D eigenvalue weighted by Crippen LogP contribution is 2.62. The van der Waals surface area contributed by atoms with Gasteiger partial charge in [0.05, 0.1) is 5.41 Å². The fourth-order valence-corrected chi connectivity index (χ4v) is 11.3. The van der Waals surface area contributed by atoms with Gasteiger partial charge in [-0.25, -0.2) is 0 Å². The first-order chi connectivity index (χ1) is 32.8. The first kappa shape index (κ1) is 45.4. The highest BCUT2D eigenvalue weighted by molar-refractivity contribution is 6.01. The number of fused-ring (bicyclic) bond motifs is 14. The van der Waals surface area contributed by atoms with Crippen LogP contribution in [0.4, 0.5) is 0 Å². The summed E-state index contributed by atoms with van der Waals surface area (Å²) in [6, 6.07) is 46.6. The van der Waals surface area contributed by atoms with Crippen LogP contribution in [0, 0.1) is 13.8 Å². The Kier molecular flexibility index (Phi) is 13.5. The second-order valence-electron chi connectivity index (χ2n) is 18.8. The standard InChI is InChI=1S/C27H22.C19H18.C17H16.C4H10/c1-4-11-22-19(5-2)20-13-6-8-15-23(20)27(22)24-16-9-7-14-21(24)26-18(3)12-10-17-25(26)27;1-13-10-11-18-16-8-3-2-6-14(16)15-7-4-5-9-17(15)19(18)12-13;1-13-9-11-15(12-10-13)17-8-4-6-14-5-2-3-7-16(14)17;1-3-4-2/h4-17H,2H2,1,3H3;3,5,8-12H,2,4,6-7H2,1H3;2-11,15H,12H2,1H3;3-4H2,1-2H3/b11-4-;;;. The summed E-state index contributed by atoms with van der Waals surface area (Å²) in [5, 5.41) is 5.60. The highest BCUT2D eigenvalue weighted by Gasteiger charge is 2.51. The fraction of sp³-hybridized carbons (Fsp3) is 0.224. The van der Waals surface area contributed by atoms with Crippen LogP contribution in [0.5, 0.6) is 0 Å². The van der Waals surface area contributed by atoms with E-state index in [1.54, 1.807) is 11.1 Å². The molecule has 0 aromatic heterocycles. The van der Waals surface area contributed by atoms with E-state index in [1.807, 2.05) is 6.08 Å². The molecule has 0 N–H and O–H groups in total. The van der Waals surface area contributed by atoms with Crippen molar-refractivity contribution in [1.29, 1.82) is 0 Å². The minimum absolute atomic E-state index is 0.259. The first-order valence-electron chi connectivity index (χ1n) is 24.9. The Labute approximate surface area is 401 Å². The Balaban J connectivity index is 0.000000125. The van der Waals surface area contributed by atoms with Crippen molar-refractivity contribution in [1.82, 2.24) is 0 Å². The molecule has 2 atom stereocenters. The van der Waals surface area contributed by atoms with Gasteiger partial charge in [-0.2, -0.15) is 0 Å². The number of allylic oxidation sites excluding steroid dienone is 11. The van der Waals surface area contributed by atoms with Gasteiger partial charge in [0, 0.05) is 5.92 Å². The van der Waals surface area contributed by atoms with Gasteiger partial charge in [0.25, 0.3) is 0 Å². The van der Waals surface area contributed by atoms with E-state index in [4.69, 9.17) is 0 Å². The zero-order valence-corrected chi connectivity index (χ0v) is 40.6. The van der Waals surface area contributed by atoms with E-state index in [0.29, 0.717) is 5.92 Å². The highest BCUT2D eigenvalue weighted by atomic mass is 14.5. The van der Waals surface area contributed by atoms with Crippen LogP contribution in [0.1, 0.15) is 127 Å². The molecule has 7 aromatic rings. The lowest BCUT2D eigenvalue weighted by Crippen LogP contribution is -2.26. The SMILES string of the molecule is C=CC1=C(/C=C\C)C2(c3ccccc31)c1ccccc1-c1c(C)cccc12.CC1=CCC(c2cccc3ccccc23)C=C1.CCCC.Cc1ccc2c3c(c4c(c2c1)C=CCC4)CCC=C3. The van der Waals surface area contributed by atoms with Gasteiger partial charge < -0.3 is 0 Å². The topological polar surface area (TPSA) is 0 Å². The van der Waals surface area contributed by atoms with Crippen molar-refractivity contribution < 1.29 is 0 Å². The predicted octanol–water partition coefficient (Wildman–Crippen LogP) is 18.5. The third-order valence-electron chi connectivity index (χ3n) is 14.6. The summed E-state index contributed by atoms with van der Waals surface area (Å²) in [6.07, 6.45) is 31.3. The van der Waals surface area contributed by atoms with Crippen LogP contribution in [0.15, 0.2) is 194 Å². The van der Waals surface area contributed by atoms with Gasteiger partial charge in [-0.05, 0) is 159 Å². The molecule has 12 rings (SSSR count). The van der Waals surface area contributed by atoms with Gasteiger partial charge in [-0.3, -0.25) is 0 Å². The molecule has 0 saturated carbocycles. The Hall–Kier alpha value is -6.76. The molecule has 0 bridgehead atoms. The molecule has 5 aliphatic carbocycles. The monoisotopic (exact) mass is 871 g/mol. The van der Waals surface area contributed by atoms with Gasteiger partial charge in [0.2, 0.25) is 0 Å². The summed E-state index contributed by atoms with van der Waals surface area (Å²) >= 11 is 0. The molecule has 0 saturated heterocycles. The van der Waals surface area contributed by atoms with E-state index in [0.717, 1.165) is 6.42 Å². The Bertz CT molecular complexity index is 3180. The fourth-order valence-electron chi connectivity index (χ4n) is 11.3. The molecule has 334 valence electrons. The minimum atomic E-state index is -0.259. The van der Waals surface area contributed by atoms with Crippen molar-refractivity contribution in [2.24, 2.45) is 0 Å². The normalized spacial score (nSPS) is 17.9. The van der Waals surface area contributed by atoms with Crippen LogP contribution >= 0.6 is 0 Å². The van der Waals surface area contributed by atoms with E-state index < -0.39 is 0 Å². The summed E-state index contributed by atoms with van der Waals surface area (Å²) in [5.41, 5.74) is 22.2. The molecule has 0 heterocycles. The average Bonchev–Trinajstić information content (AvgIpc) is 3.84. The van der Waals surface area contributed by atoms with Crippen molar-refractivity contribution in [2.75, 3.05) is 0 Å². The van der Waals surface area contributed by atoms with E-state index in [-0.39, 0.29) is 5.41 Å². The average molecular weight is 871 g/mol. The minimum Gasteiger partial charge on any atom is -0.0984 e. The summed E-state index contributed by atoms with van der Waals surface area (Å²) in [7, 11) is 0. The van der Waals surface area contributed by atoms with Crippen molar-refractivity contribution >= 4 is 39.3 Å². The number of rotatable bonds is 4. The third kappa shape index (κ3) is 8.27. The maximum absolute atomic E-state index is 4.17. The van der Waals surface area contributed by atoms with Crippen molar-refractivity contribution in [2.45, 2.75) is 97.8 Å². The zero-order chi connectivity index (χ0) is 46.5. The molecule has 7 aromatic carbocycles. The lowest BCUT2D eigenvalue weighted by atomic mass is 9.69. The molecular formula is C67H66. The smallest absolute Gasteiger partial charge is 0.0725 e. The molecule has 0 nitrogen and oxygen atoms in total. The number of benzene rings is 7. The number of unbranched alkanes of at least 4 members (excludes halogenated alkanes) is 1. The zero-order valence-electron chi connectivity index (χ0n) is 40.6. The molecule has 0 radical (unpaired) electrons.